The van der Waals surface area contributed by atoms with Crippen LogP contribution in [0.15, 0.2) is 112 Å². The van der Waals surface area contributed by atoms with Gasteiger partial charge in [0.25, 0.3) is 0 Å². The van der Waals surface area contributed by atoms with Crippen LogP contribution in [0.2, 0.25) is 0 Å². The van der Waals surface area contributed by atoms with Gasteiger partial charge < -0.3 is 9.57 Å². The molecule has 0 aromatic heterocycles. The number of allylic oxidation sites excluding steroid dienone is 3. The molecule has 4 rings (SSSR count). The lowest BCUT2D eigenvalue weighted by Crippen LogP contribution is -2.21. The maximum absolute atomic E-state index is 12.7. The van der Waals surface area contributed by atoms with E-state index >= 15 is 0 Å². The van der Waals surface area contributed by atoms with Crippen LogP contribution in [-0.4, -0.2) is 27.1 Å². The Labute approximate surface area is 194 Å². The van der Waals surface area contributed by atoms with E-state index in [9.17, 15) is 8.42 Å². The second-order valence-electron chi connectivity index (χ2n) is 7.33. The molecule has 33 heavy (non-hydrogen) atoms. The van der Waals surface area contributed by atoms with Gasteiger partial charge in [-0.15, -0.1) is 5.06 Å². The van der Waals surface area contributed by atoms with E-state index in [0.29, 0.717) is 11.5 Å². The molecular weight excluding hydrogens is 434 g/mol. The molecule has 166 valence electrons. The minimum absolute atomic E-state index is 0.183. The summed E-state index contributed by atoms with van der Waals surface area (Å²) in [6.45, 7) is 2.82. The highest BCUT2D eigenvalue weighted by molar-refractivity contribution is 7.95. The van der Waals surface area contributed by atoms with Crippen molar-refractivity contribution in [1.29, 1.82) is 0 Å². The summed E-state index contributed by atoms with van der Waals surface area (Å²) in [5.41, 5.74) is 7.49. The van der Waals surface area contributed by atoms with Gasteiger partial charge in [-0.25, -0.2) is 8.42 Å². The van der Waals surface area contributed by atoms with E-state index < -0.39 is 9.84 Å². The summed E-state index contributed by atoms with van der Waals surface area (Å²) in [5.74, 6) is 2.00. The van der Waals surface area contributed by atoms with E-state index in [2.05, 4.69) is 11.5 Å². The molecule has 1 aliphatic carbocycles. The SMILES string of the molecule is CCN(C)Oc1ccc(-c2ccc(Oc3ccc(S(=O)(=O)C4=CC=C=C=C4)cc3)cc2)cc1. The average molecular weight is 458 g/mol. The summed E-state index contributed by atoms with van der Waals surface area (Å²) < 4.78 is 31.2. The number of benzene rings is 3. The van der Waals surface area contributed by atoms with Crippen LogP contribution < -0.4 is 9.57 Å². The third kappa shape index (κ3) is 5.35. The van der Waals surface area contributed by atoms with Crippen LogP contribution in [0.1, 0.15) is 6.92 Å². The van der Waals surface area contributed by atoms with E-state index in [4.69, 9.17) is 9.57 Å². The Hall–Kier alpha value is -3.79. The van der Waals surface area contributed by atoms with Gasteiger partial charge in [0.15, 0.2) is 0 Å². The number of nitrogens with zero attached hydrogens (tertiary/aromatic N) is 1. The predicted octanol–water partition coefficient (Wildman–Crippen LogP) is 5.93. The van der Waals surface area contributed by atoms with Gasteiger partial charge >= 0.3 is 0 Å². The van der Waals surface area contributed by atoms with Crippen LogP contribution in [-0.2, 0) is 9.84 Å². The molecule has 0 radical (unpaired) electrons. The number of hydrogen-bond donors (Lipinski definition) is 0. The fourth-order valence-corrected chi connectivity index (χ4v) is 4.35. The molecule has 0 fully saturated rings. The zero-order valence-corrected chi connectivity index (χ0v) is 19.2. The predicted molar refractivity (Wildman–Crippen MR) is 129 cm³/mol. The molecule has 0 amide bonds. The first-order chi connectivity index (χ1) is 16.0. The highest BCUT2D eigenvalue weighted by Crippen LogP contribution is 2.29. The first-order valence-corrected chi connectivity index (χ1v) is 11.9. The van der Waals surface area contributed by atoms with Crippen molar-refractivity contribution in [3.05, 3.63) is 107 Å². The Morgan fingerprint density at radius 3 is 1.85 bits per heavy atom. The molecule has 5 nitrogen and oxygen atoms in total. The largest absolute Gasteiger partial charge is 0.457 e. The molecule has 0 N–H and O–H groups in total. The van der Waals surface area contributed by atoms with Crippen molar-refractivity contribution in [3.63, 3.8) is 0 Å². The monoisotopic (exact) mass is 457 g/mol. The van der Waals surface area contributed by atoms with Gasteiger partial charge in [0.05, 0.1) is 9.80 Å². The summed E-state index contributed by atoms with van der Waals surface area (Å²) in [7, 11) is -1.71. The molecule has 0 unspecified atom stereocenters. The van der Waals surface area contributed by atoms with E-state index in [0.717, 1.165) is 23.4 Å². The maximum Gasteiger partial charge on any atom is 0.207 e. The van der Waals surface area contributed by atoms with E-state index in [1.807, 2.05) is 62.5 Å². The van der Waals surface area contributed by atoms with Crippen LogP contribution in [0.5, 0.6) is 17.2 Å². The molecular formula is C27H23NO4S. The van der Waals surface area contributed by atoms with E-state index in [-0.39, 0.29) is 9.80 Å². The van der Waals surface area contributed by atoms with Crippen molar-refractivity contribution in [3.8, 4) is 28.4 Å². The van der Waals surface area contributed by atoms with Crippen molar-refractivity contribution in [2.45, 2.75) is 11.8 Å². The molecule has 0 heterocycles. The molecule has 0 atom stereocenters. The quantitative estimate of drug-likeness (QED) is 0.310. The zero-order valence-electron chi connectivity index (χ0n) is 18.4. The van der Waals surface area contributed by atoms with Gasteiger partial charge in [0.1, 0.15) is 17.2 Å². The number of sulfone groups is 1. The average Bonchev–Trinajstić information content (AvgIpc) is 2.86. The summed E-state index contributed by atoms with van der Waals surface area (Å²) in [6.07, 6.45) is 4.44. The van der Waals surface area contributed by atoms with Gasteiger partial charge in [0, 0.05) is 19.7 Å². The molecule has 0 spiro atoms. The van der Waals surface area contributed by atoms with Gasteiger partial charge in [0.2, 0.25) is 9.84 Å². The van der Waals surface area contributed by atoms with Crippen LogP contribution in [0.25, 0.3) is 11.1 Å². The van der Waals surface area contributed by atoms with Crippen molar-refractivity contribution in [1.82, 2.24) is 5.06 Å². The Morgan fingerprint density at radius 2 is 1.33 bits per heavy atom. The van der Waals surface area contributed by atoms with Crippen molar-refractivity contribution >= 4 is 9.84 Å². The smallest absolute Gasteiger partial charge is 0.207 e. The third-order valence-corrected chi connectivity index (χ3v) is 6.82. The minimum Gasteiger partial charge on any atom is -0.457 e. The van der Waals surface area contributed by atoms with Gasteiger partial charge in [-0.3, -0.25) is 0 Å². The number of hydrogen-bond acceptors (Lipinski definition) is 5. The summed E-state index contributed by atoms with van der Waals surface area (Å²) in [5, 5.41) is 1.77. The number of ether oxygens (including phenoxy) is 1. The topological polar surface area (TPSA) is 55.8 Å². The third-order valence-electron chi connectivity index (χ3n) is 5.06. The molecule has 3 aromatic carbocycles. The van der Waals surface area contributed by atoms with Gasteiger partial charge in [-0.2, -0.15) is 0 Å². The zero-order chi connectivity index (χ0) is 23.3. The van der Waals surface area contributed by atoms with E-state index in [1.165, 1.54) is 30.4 Å². The normalized spacial score (nSPS) is 12.6. The molecule has 0 saturated carbocycles. The first kappa shape index (κ1) is 22.4. The van der Waals surface area contributed by atoms with Gasteiger partial charge in [-0.05, 0) is 78.7 Å². The lowest BCUT2D eigenvalue weighted by atomic mass is 10.1. The second kappa shape index (κ2) is 9.78. The minimum atomic E-state index is -3.59. The van der Waals surface area contributed by atoms with Crippen molar-refractivity contribution in [2.24, 2.45) is 0 Å². The van der Waals surface area contributed by atoms with Crippen molar-refractivity contribution in [2.75, 3.05) is 13.6 Å². The van der Waals surface area contributed by atoms with Crippen LogP contribution in [0.3, 0.4) is 0 Å². The molecule has 0 bridgehead atoms. The Bertz CT molecular complexity index is 1360. The Kier molecular flexibility index (Phi) is 6.64. The highest BCUT2D eigenvalue weighted by Gasteiger charge is 2.19. The maximum atomic E-state index is 12.7. The Balaban J connectivity index is 1.42. The summed E-state index contributed by atoms with van der Waals surface area (Å²) >= 11 is 0. The lowest BCUT2D eigenvalue weighted by Gasteiger charge is -2.15. The van der Waals surface area contributed by atoms with Crippen LogP contribution in [0, 0.1) is 0 Å². The van der Waals surface area contributed by atoms with Crippen LogP contribution in [0.4, 0.5) is 0 Å². The Morgan fingerprint density at radius 1 is 0.788 bits per heavy atom. The van der Waals surface area contributed by atoms with Crippen molar-refractivity contribution < 1.29 is 18.0 Å². The molecule has 6 heteroatoms. The summed E-state index contributed by atoms with van der Waals surface area (Å²) in [6, 6.07) is 22.0. The fraction of sp³-hybridized carbons (Fsp3) is 0.111. The van der Waals surface area contributed by atoms with Crippen LogP contribution >= 0.6 is 0 Å². The molecule has 0 aliphatic heterocycles. The first-order valence-electron chi connectivity index (χ1n) is 10.5. The lowest BCUT2D eigenvalue weighted by molar-refractivity contribution is -0.0262. The fourth-order valence-electron chi connectivity index (χ4n) is 3.13. The number of rotatable bonds is 8. The highest BCUT2D eigenvalue weighted by atomic mass is 32.2. The number of hydroxylamine groups is 2. The summed E-state index contributed by atoms with van der Waals surface area (Å²) in [4.78, 5) is 6.05. The standard InChI is InChI=1S/C27H23NO4S/c1-3-28(2)32-25-15-11-22(12-16-25)21-9-13-23(14-10-21)31-24-17-19-27(20-18-24)33(29,30)26-7-5-4-6-8-26/h5,7-20H,3H2,1-2H3. The van der Waals surface area contributed by atoms with E-state index in [1.54, 1.807) is 17.2 Å². The second-order valence-corrected chi connectivity index (χ2v) is 9.28. The molecule has 1 aliphatic rings. The molecule has 3 aromatic rings. The van der Waals surface area contributed by atoms with Gasteiger partial charge in [-0.1, -0.05) is 35.7 Å². The molecule has 0 saturated heterocycles.